The van der Waals surface area contributed by atoms with E-state index in [1.165, 1.54) is 12.0 Å². The van der Waals surface area contributed by atoms with Crippen LogP contribution in [0.4, 0.5) is 11.4 Å². The third-order valence-electron chi connectivity index (χ3n) is 4.24. The fourth-order valence-corrected chi connectivity index (χ4v) is 3.87. The van der Waals surface area contributed by atoms with E-state index in [-0.39, 0.29) is 19.2 Å². The van der Waals surface area contributed by atoms with E-state index < -0.39 is 27.6 Å². The summed E-state index contributed by atoms with van der Waals surface area (Å²) in [6, 6.07) is 13.2. The van der Waals surface area contributed by atoms with E-state index in [4.69, 9.17) is 9.47 Å². The zero-order valence-electron chi connectivity index (χ0n) is 18.6. The van der Waals surface area contributed by atoms with E-state index in [0.29, 0.717) is 22.9 Å². The third kappa shape index (κ3) is 8.10. The second-order valence-electron chi connectivity index (χ2n) is 7.24. The van der Waals surface area contributed by atoms with Gasteiger partial charge in [0.05, 0.1) is 19.8 Å². The molecule has 0 atom stereocenters. The number of anilines is 2. The minimum absolute atomic E-state index is 0.00342. The van der Waals surface area contributed by atoms with Gasteiger partial charge in [-0.15, -0.1) is 0 Å². The molecule has 2 amide bonds. The topological polar surface area (TPSA) is 114 Å². The number of rotatable bonds is 11. The first kappa shape index (κ1) is 25.0. The Balaban J connectivity index is 1.94. The number of hydrogen-bond donors (Lipinski definition) is 2. The molecule has 32 heavy (non-hydrogen) atoms. The van der Waals surface area contributed by atoms with E-state index in [9.17, 15) is 18.0 Å². The molecule has 0 spiro atoms. The van der Waals surface area contributed by atoms with Gasteiger partial charge in [-0.3, -0.25) is 14.3 Å². The maximum Gasteiger partial charge on any atom is 0.243 e. The van der Waals surface area contributed by atoms with Gasteiger partial charge in [0.25, 0.3) is 0 Å². The largest absolute Gasteiger partial charge is 0.497 e. The van der Waals surface area contributed by atoms with Crippen LogP contribution in [0.3, 0.4) is 0 Å². The van der Waals surface area contributed by atoms with E-state index in [2.05, 4.69) is 10.0 Å². The number of sulfonamides is 1. The Hall–Kier alpha value is -3.27. The molecular weight excluding hydrogens is 434 g/mol. The Kier molecular flexibility index (Phi) is 8.89. The number of benzene rings is 2. The molecule has 174 valence electrons. The monoisotopic (exact) mass is 463 g/mol. The fourth-order valence-electron chi connectivity index (χ4n) is 2.79. The van der Waals surface area contributed by atoms with Gasteiger partial charge in [0.15, 0.2) is 0 Å². The Morgan fingerprint density at radius 3 is 2.31 bits per heavy atom. The third-order valence-corrected chi connectivity index (χ3v) is 5.41. The average Bonchev–Trinajstić information content (AvgIpc) is 2.72. The zero-order chi connectivity index (χ0) is 23.7. The highest BCUT2D eigenvalue weighted by Crippen LogP contribution is 2.18. The molecule has 2 aromatic carbocycles. The Bertz CT molecular complexity index is 1020. The molecule has 0 aliphatic rings. The molecule has 0 fully saturated rings. The standard InChI is InChI=1S/C22H29N3O6S/c1-5-25(14-21(26)23-18-7-6-8-20(13-18)30-4)22(27)15-32(28,29)24-17-9-11-19(12-10-17)31-16(2)3/h6-13,16,24H,5,14-15H2,1-4H3,(H,23,26). The molecule has 0 aliphatic carbocycles. The maximum atomic E-state index is 12.5. The van der Waals surface area contributed by atoms with Crippen LogP contribution in [0.25, 0.3) is 0 Å². The molecule has 10 heteroatoms. The molecule has 0 unspecified atom stereocenters. The van der Waals surface area contributed by atoms with E-state index in [1.807, 2.05) is 13.8 Å². The van der Waals surface area contributed by atoms with Crippen LogP contribution in [0.15, 0.2) is 48.5 Å². The summed E-state index contributed by atoms with van der Waals surface area (Å²) in [5.74, 6) is -0.720. The van der Waals surface area contributed by atoms with Crippen LogP contribution in [0, 0.1) is 0 Å². The predicted octanol–water partition coefficient (Wildman–Crippen LogP) is 2.71. The van der Waals surface area contributed by atoms with Gasteiger partial charge in [-0.05, 0) is 57.2 Å². The highest BCUT2D eigenvalue weighted by atomic mass is 32.2. The van der Waals surface area contributed by atoms with Crippen LogP contribution in [-0.4, -0.2) is 57.2 Å². The van der Waals surface area contributed by atoms with Crippen molar-refractivity contribution in [2.75, 3.05) is 36.0 Å². The number of methoxy groups -OCH3 is 1. The summed E-state index contributed by atoms with van der Waals surface area (Å²) in [7, 11) is -2.44. The van der Waals surface area contributed by atoms with Gasteiger partial charge >= 0.3 is 0 Å². The zero-order valence-corrected chi connectivity index (χ0v) is 19.4. The first-order chi connectivity index (χ1) is 15.1. The molecule has 0 aromatic heterocycles. The lowest BCUT2D eigenvalue weighted by atomic mass is 10.3. The molecule has 0 bridgehead atoms. The van der Waals surface area contributed by atoms with Crippen molar-refractivity contribution in [3.8, 4) is 11.5 Å². The smallest absolute Gasteiger partial charge is 0.243 e. The molecule has 0 radical (unpaired) electrons. The van der Waals surface area contributed by atoms with Crippen LogP contribution >= 0.6 is 0 Å². The summed E-state index contributed by atoms with van der Waals surface area (Å²) in [5, 5.41) is 2.67. The van der Waals surface area contributed by atoms with Gasteiger partial charge < -0.3 is 19.7 Å². The minimum Gasteiger partial charge on any atom is -0.497 e. The van der Waals surface area contributed by atoms with Gasteiger partial charge in [-0.25, -0.2) is 8.42 Å². The molecule has 0 saturated heterocycles. The highest BCUT2D eigenvalue weighted by Gasteiger charge is 2.23. The van der Waals surface area contributed by atoms with Crippen LogP contribution in [0.2, 0.25) is 0 Å². The van der Waals surface area contributed by atoms with Crippen molar-refractivity contribution in [1.29, 1.82) is 0 Å². The second kappa shape index (κ2) is 11.4. The number of hydrogen-bond acceptors (Lipinski definition) is 6. The van der Waals surface area contributed by atoms with Crippen molar-refractivity contribution in [1.82, 2.24) is 4.90 Å². The van der Waals surface area contributed by atoms with E-state index >= 15 is 0 Å². The quantitative estimate of drug-likeness (QED) is 0.530. The average molecular weight is 464 g/mol. The lowest BCUT2D eigenvalue weighted by molar-refractivity contribution is -0.132. The summed E-state index contributed by atoms with van der Waals surface area (Å²) in [6.07, 6.45) is -0.00342. The number of carbonyl (C=O) groups is 2. The summed E-state index contributed by atoms with van der Waals surface area (Å²) in [6.45, 7) is 5.35. The van der Waals surface area contributed by atoms with Crippen molar-refractivity contribution >= 4 is 33.2 Å². The molecule has 0 saturated carbocycles. The first-order valence-electron chi connectivity index (χ1n) is 10.1. The lowest BCUT2D eigenvalue weighted by Crippen LogP contribution is -2.41. The van der Waals surface area contributed by atoms with E-state index in [0.717, 1.165) is 0 Å². The summed E-state index contributed by atoms with van der Waals surface area (Å²) < 4.78 is 37.9. The molecule has 0 aliphatic heterocycles. The summed E-state index contributed by atoms with van der Waals surface area (Å²) in [4.78, 5) is 26.0. The molecule has 0 heterocycles. The molecule has 9 nitrogen and oxygen atoms in total. The maximum absolute atomic E-state index is 12.5. The summed E-state index contributed by atoms with van der Waals surface area (Å²) >= 11 is 0. The van der Waals surface area contributed by atoms with Crippen molar-refractivity contribution in [3.63, 3.8) is 0 Å². The number of ether oxygens (including phenoxy) is 2. The lowest BCUT2D eigenvalue weighted by Gasteiger charge is -2.20. The number of nitrogens with one attached hydrogen (secondary N) is 2. The molecule has 2 N–H and O–H groups in total. The van der Waals surface area contributed by atoms with Gasteiger partial charge in [-0.1, -0.05) is 6.07 Å². The number of carbonyl (C=O) groups excluding carboxylic acids is 2. The Labute approximate surface area is 188 Å². The van der Waals surface area contributed by atoms with Crippen molar-refractivity contribution in [3.05, 3.63) is 48.5 Å². The first-order valence-corrected chi connectivity index (χ1v) is 11.8. The number of likely N-dealkylation sites (N-methyl/N-ethyl adjacent to an activating group) is 1. The van der Waals surface area contributed by atoms with Crippen LogP contribution < -0.4 is 19.5 Å². The number of amides is 2. The SMILES string of the molecule is CCN(CC(=O)Nc1cccc(OC)c1)C(=O)CS(=O)(=O)Nc1ccc(OC(C)C)cc1. The summed E-state index contributed by atoms with van der Waals surface area (Å²) in [5.41, 5.74) is 0.824. The van der Waals surface area contributed by atoms with Crippen LogP contribution in [-0.2, 0) is 19.6 Å². The van der Waals surface area contributed by atoms with Crippen LogP contribution in [0.5, 0.6) is 11.5 Å². The van der Waals surface area contributed by atoms with E-state index in [1.54, 1.807) is 55.5 Å². The Morgan fingerprint density at radius 2 is 1.72 bits per heavy atom. The fraction of sp³-hybridized carbons (Fsp3) is 0.364. The number of nitrogens with zero attached hydrogens (tertiary/aromatic N) is 1. The van der Waals surface area contributed by atoms with Gasteiger partial charge in [0, 0.05) is 24.0 Å². The second-order valence-corrected chi connectivity index (χ2v) is 8.96. The highest BCUT2D eigenvalue weighted by molar-refractivity contribution is 7.93. The predicted molar refractivity (Wildman–Crippen MR) is 123 cm³/mol. The molecule has 2 aromatic rings. The molecule has 2 rings (SSSR count). The van der Waals surface area contributed by atoms with Gasteiger partial charge in [-0.2, -0.15) is 0 Å². The van der Waals surface area contributed by atoms with Crippen molar-refractivity contribution in [2.45, 2.75) is 26.9 Å². The van der Waals surface area contributed by atoms with Crippen LogP contribution in [0.1, 0.15) is 20.8 Å². The van der Waals surface area contributed by atoms with Gasteiger partial charge in [0.2, 0.25) is 21.8 Å². The van der Waals surface area contributed by atoms with Crippen molar-refractivity contribution in [2.24, 2.45) is 0 Å². The van der Waals surface area contributed by atoms with Crippen molar-refractivity contribution < 1.29 is 27.5 Å². The molecular formula is C22H29N3O6S. The minimum atomic E-state index is -3.96. The van der Waals surface area contributed by atoms with Gasteiger partial charge in [0.1, 0.15) is 17.3 Å². The normalized spacial score (nSPS) is 11.0. The Morgan fingerprint density at radius 1 is 1.03 bits per heavy atom.